The SMILES string of the molecule is N#Cc1ccc(C[C@H](C(=O)O)N(C(=O)CN)C(=O)COc2ccc(C3[C@@H](SC[C@H](O)c4ccc5c(c4)CCO5)C(=O)N3c3ccc(F)cc3)cc2)cc1. The number of aliphatic carboxylic acids is 1. The number of rotatable bonds is 14. The Morgan fingerprint density at radius 1 is 1.04 bits per heavy atom. The third-order valence-corrected chi connectivity index (χ3v) is 10.4. The van der Waals surface area contributed by atoms with Gasteiger partial charge < -0.3 is 30.3 Å². The second-order valence-electron chi connectivity index (χ2n) is 12.5. The Bertz CT molecular complexity index is 2040. The van der Waals surface area contributed by atoms with Gasteiger partial charge in [0.15, 0.2) is 6.61 Å². The molecule has 2 heterocycles. The number of amides is 3. The molecule has 12 nitrogen and oxygen atoms in total. The number of nitrogens with zero attached hydrogens (tertiary/aromatic N) is 3. The van der Waals surface area contributed by atoms with Crippen molar-refractivity contribution in [1.29, 1.82) is 5.26 Å². The largest absolute Gasteiger partial charge is 0.493 e. The third-order valence-electron chi connectivity index (χ3n) is 9.09. The highest BCUT2D eigenvalue weighted by molar-refractivity contribution is 8.00. The van der Waals surface area contributed by atoms with Crippen molar-refractivity contribution >= 4 is 41.1 Å². The molecular formula is C39H35FN4O8S. The molecule has 0 aromatic heterocycles. The minimum Gasteiger partial charge on any atom is -0.493 e. The molecule has 3 amide bonds. The topological polar surface area (TPSA) is 183 Å². The number of carboxylic acid groups (broad SMARTS) is 1. The lowest BCUT2D eigenvalue weighted by atomic mass is 9.92. The van der Waals surface area contributed by atoms with Crippen LogP contribution in [0.4, 0.5) is 10.1 Å². The van der Waals surface area contributed by atoms with Crippen LogP contribution in [0.25, 0.3) is 0 Å². The molecule has 6 rings (SSSR count). The average molecular weight is 739 g/mol. The number of fused-ring (bicyclic) bond motifs is 1. The Morgan fingerprint density at radius 2 is 1.75 bits per heavy atom. The molecule has 2 aliphatic rings. The van der Waals surface area contributed by atoms with Gasteiger partial charge in [0.2, 0.25) is 11.8 Å². The molecule has 0 saturated carbocycles. The predicted molar refractivity (Wildman–Crippen MR) is 193 cm³/mol. The summed E-state index contributed by atoms with van der Waals surface area (Å²) < 4.78 is 25.0. The zero-order valence-electron chi connectivity index (χ0n) is 28.3. The van der Waals surface area contributed by atoms with Crippen LogP contribution in [0.15, 0.2) is 91.0 Å². The summed E-state index contributed by atoms with van der Waals surface area (Å²) in [5.74, 6) is -2.59. The van der Waals surface area contributed by atoms with Crippen molar-refractivity contribution in [2.75, 3.05) is 30.4 Å². The number of thioether (sulfide) groups is 1. The number of ether oxygens (including phenoxy) is 2. The fourth-order valence-electron chi connectivity index (χ4n) is 6.33. The maximum Gasteiger partial charge on any atom is 0.327 e. The van der Waals surface area contributed by atoms with Gasteiger partial charge in [-0.25, -0.2) is 9.18 Å². The Balaban J connectivity index is 1.15. The molecule has 0 bridgehead atoms. The van der Waals surface area contributed by atoms with Crippen LogP contribution in [0.3, 0.4) is 0 Å². The van der Waals surface area contributed by atoms with E-state index in [2.05, 4.69) is 0 Å². The first-order valence-electron chi connectivity index (χ1n) is 16.7. The normalized spacial score (nSPS) is 17.1. The number of halogens is 1. The lowest BCUT2D eigenvalue weighted by Gasteiger charge is -2.47. The number of β-lactam (4-membered cyclic amide) rings is 1. The zero-order chi connectivity index (χ0) is 37.6. The van der Waals surface area contributed by atoms with Gasteiger partial charge in [0.05, 0.1) is 36.9 Å². The van der Waals surface area contributed by atoms with E-state index in [1.165, 1.54) is 48.2 Å². The van der Waals surface area contributed by atoms with E-state index < -0.39 is 60.2 Å². The number of carboxylic acids is 1. The number of hydrogen-bond donors (Lipinski definition) is 3. The number of aliphatic hydroxyl groups excluding tert-OH is 1. The van der Waals surface area contributed by atoms with Crippen molar-refractivity contribution in [2.24, 2.45) is 5.73 Å². The molecule has 1 unspecified atom stereocenters. The van der Waals surface area contributed by atoms with Crippen molar-refractivity contribution in [3.8, 4) is 17.6 Å². The first-order chi connectivity index (χ1) is 25.6. The molecule has 14 heteroatoms. The summed E-state index contributed by atoms with van der Waals surface area (Å²) in [5, 5.41) is 29.5. The van der Waals surface area contributed by atoms with E-state index in [9.17, 15) is 33.8 Å². The highest BCUT2D eigenvalue weighted by Gasteiger charge is 2.49. The van der Waals surface area contributed by atoms with Crippen molar-refractivity contribution in [3.05, 3.63) is 125 Å². The molecular weight excluding hydrogens is 704 g/mol. The summed E-state index contributed by atoms with van der Waals surface area (Å²) in [7, 11) is 0. The van der Waals surface area contributed by atoms with Gasteiger partial charge in [0, 0.05) is 24.3 Å². The first kappa shape index (κ1) is 37.0. The number of nitrogens with two attached hydrogens (primary N) is 1. The average Bonchev–Trinajstić information content (AvgIpc) is 3.65. The molecule has 1 saturated heterocycles. The number of carbonyl (C=O) groups excluding carboxylic acids is 3. The van der Waals surface area contributed by atoms with E-state index in [1.54, 1.807) is 41.3 Å². The van der Waals surface area contributed by atoms with Crippen molar-refractivity contribution < 1.29 is 43.3 Å². The van der Waals surface area contributed by atoms with Crippen LogP contribution in [0.1, 0.15) is 40.0 Å². The van der Waals surface area contributed by atoms with Gasteiger partial charge in [0.1, 0.15) is 28.6 Å². The van der Waals surface area contributed by atoms with Crippen LogP contribution >= 0.6 is 11.8 Å². The van der Waals surface area contributed by atoms with Gasteiger partial charge in [-0.05, 0) is 82.9 Å². The van der Waals surface area contributed by atoms with Gasteiger partial charge in [-0.1, -0.05) is 30.3 Å². The Morgan fingerprint density at radius 3 is 2.42 bits per heavy atom. The van der Waals surface area contributed by atoms with Crippen LogP contribution in [0.5, 0.6) is 11.5 Å². The second-order valence-corrected chi connectivity index (χ2v) is 13.6. The van der Waals surface area contributed by atoms with Gasteiger partial charge in [-0.15, -0.1) is 11.8 Å². The van der Waals surface area contributed by atoms with Crippen LogP contribution in [-0.4, -0.2) is 75.6 Å². The third kappa shape index (κ3) is 8.18. The van der Waals surface area contributed by atoms with E-state index in [0.717, 1.165) is 23.3 Å². The van der Waals surface area contributed by atoms with E-state index in [0.29, 0.717) is 33.9 Å². The summed E-state index contributed by atoms with van der Waals surface area (Å²) in [4.78, 5) is 54.0. The maximum atomic E-state index is 13.8. The lowest BCUT2D eigenvalue weighted by Crippen LogP contribution is -2.57. The standard InChI is InChI=1S/C39H35FN4O8S/c40-28-8-10-29(11-9-28)43-36(37(38(43)48)53-22-32(45)26-7-14-33-27(18-26)15-16-51-33)25-5-12-30(13-6-25)52-21-35(47)44(34(46)20-42)31(39(49)50)17-23-1-3-24(19-41)4-2-23/h1-14,18,31-32,36-37,45H,15-17,20-22,42H2,(H,49,50)/t31-,32+,36?,37-/m1/s1. The quantitative estimate of drug-likeness (QED) is 0.159. The Hall–Kier alpha value is -5.75. The van der Waals surface area contributed by atoms with Gasteiger partial charge >= 0.3 is 5.97 Å². The van der Waals surface area contributed by atoms with Crippen LogP contribution in [-0.2, 0) is 32.0 Å². The Kier molecular flexibility index (Phi) is 11.4. The van der Waals surface area contributed by atoms with Crippen LogP contribution < -0.4 is 20.1 Å². The van der Waals surface area contributed by atoms with Gasteiger partial charge in [-0.3, -0.25) is 19.3 Å². The monoisotopic (exact) mass is 738 g/mol. The van der Waals surface area contributed by atoms with Crippen molar-refractivity contribution in [1.82, 2.24) is 4.90 Å². The summed E-state index contributed by atoms with van der Waals surface area (Å²) >= 11 is 1.31. The van der Waals surface area contributed by atoms with E-state index in [1.807, 2.05) is 24.3 Å². The minimum atomic E-state index is -1.57. The van der Waals surface area contributed by atoms with Gasteiger partial charge in [0.25, 0.3) is 5.91 Å². The molecule has 4 aromatic carbocycles. The van der Waals surface area contributed by atoms with E-state index in [-0.39, 0.29) is 23.8 Å². The predicted octanol–water partition coefficient (Wildman–Crippen LogP) is 3.94. The van der Waals surface area contributed by atoms with E-state index in [4.69, 9.17) is 20.5 Å². The number of nitriles is 1. The molecule has 0 spiro atoms. The molecule has 4 N–H and O–H groups in total. The summed E-state index contributed by atoms with van der Waals surface area (Å²) in [6, 6.07) is 23.8. The number of aliphatic hydroxyl groups is 1. The smallest absolute Gasteiger partial charge is 0.327 e. The molecule has 0 aliphatic carbocycles. The van der Waals surface area contributed by atoms with Crippen molar-refractivity contribution in [3.63, 3.8) is 0 Å². The zero-order valence-corrected chi connectivity index (χ0v) is 29.1. The fourth-order valence-corrected chi connectivity index (χ4v) is 7.63. The molecule has 53 heavy (non-hydrogen) atoms. The minimum absolute atomic E-state index is 0.203. The summed E-state index contributed by atoms with van der Waals surface area (Å²) in [6.45, 7) is -0.683. The van der Waals surface area contributed by atoms with Crippen LogP contribution in [0.2, 0.25) is 0 Å². The molecule has 272 valence electrons. The highest BCUT2D eigenvalue weighted by atomic mass is 32.2. The fraction of sp³-hybridized carbons (Fsp3) is 0.256. The first-order valence-corrected chi connectivity index (χ1v) is 17.8. The summed E-state index contributed by atoms with van der Waals surface area (Å²) in [5.41, 5.74) is 9.37. The lowest BCUT2D eigenvalue weighted by molar-refractivity contribution is -0.158. The molecule has 1 fully saturated rings. The van der Waals surface area contributed by atoms with Crippen molar-refractivity contribution in [2.45, 2.75) is 36.3 Å². The highest BCUT2D eigenvalue weighted by Crippen LogP contribution is 2.46. The number of hydrogen-bond acceptors (Lipinski definition) is 10. The number of anilines is 1. The van der Waals surface area contributed by atoms with Gasteiger partial charge in [-0.2, -0.15) is 5.26 Å². The Labute approximate surface area is 308 Å². The number of imide groups is 1. The second kappa shape index (κ2) is 16.3. The molecule has 4 atom stereocenters. The maximum absolute atomic E-state index is 13.8. The summed E-state index contributed by atoms with van der Waals surface area (Å²) in [6.07, 6.45) is -0.279. The molecule has 4 aromatic rings. The number of benzene rings is 4. The molecule has 2 aliphatic heterocycles. The van der Waals surface area contributed by atoms with Crippen LogP contribution in [0, 0.1) is 17.1 Å². The number of carbonyl (C=O) groups is 4. The van der Waals surface area contributed by atoms with E-state index >= 15 is 0 Å². The molecule has 0 radical (unpaired) electrons.